The predicted octanol–water partition coefficient (Wildman–Crippen LogP) is 6.55. The van der Waals surface area contributed by atoms with Crippen LogP contribution in [0.3, 0.4) is 0 Å². The van der Waals surface area contributed by atoms with Crippen LogP contribution in [0.4, 0.5) is 27.7 Å². The van der Waals surface area contributed by atoms with Gasteiger partial charge in [0.2, 0.25) is 0 Å². The molecule has 0 aliphatic heterocycles. The van der Waals surface area contributed by atoms with E-state index in [2.05, 4.69) is 32.2 Å². The predicted molar refractivity (Wildman–Crippen MR) is 157 cm³/mol. The number of non-ortho nitro benzene ring substituents is 1. The monoisotopic (exact) mass is 578 g/mol. The molecule has 4 rings (SSSR count). The standard InChI is InChI=1S/C30H26N8O5/c1-21-19-25(36(16-6-15-31)17-18-43-30(39)42-2)13-14-27(21)33-34-29-26(20-32)28(22-7-4-3-5-8-22)35-37(29)23-9-11-24(12-10-23)38(40)41/h3-5,7-14,19H,6,16-18H2,1-2H3. The van der Waals surface area contributed by atoms with Crippen molar-refractivity contribution in [3.05, 3.63) is 94.0 Å². The van der Waals surface area contributed by atoms with Crippen molar-refractivity contribution in [2.45, 2.75) is 13.3 Å². The second-order valence-corrected chi connectivity index (χ2v) is 9.08. The first-order chi connectivity index (χ1) is 20.9. The number of anilines is 1. The number of nitro groups is 1. The highest BCUT2D eigenvalue weighted by atomic mass is 16.7. The van der Waals surface area contributed by atoms with Crippen LogP contribution in [0.15, 0.2) is 83.0 Å². The number of nitro benzene ring substituents is 1. The summed E-state index contributed by atoms with van der Waals surface area (Å²) >= 11 is 0. The Hall–Kier alpha value is -6.08. The lowest BCUT2D eigenvalue weighted by Crippen LogP contribution is -2.29. The van der Waals surface area contributed by atoms with Gasteiger partial charge in [0.15, 0.2) is 5.82 Å². The molecule has 0 spiro atoms. The highest BCUT2D eigenvalue weighted by Crippen LogP contribution is 2.35. The topological polar surface area (TPSA) is 172 Å². The Bertz CT molecular complexity index is 1720. The van der Waals surface area contributed by atoms with Crippen molar-refractivity contribution in [2.75, 3.05) is 31.7 Å². The molecule has 43 heavy (non-hydrogen) atoms. The van der Waals surface area contributed by atoms with Crippen molar-refractivity contribution >= 4 is 29.0 Å². The second-order valence-electron chi connectivity index (χ2n) is 9.08. The molecule has 0 aliphatic carbocycles. The molecule has 0 radical (unpaired) electrons. The van der Waals surface area contributed by atoms with Gasteiger partial charge in [0.1, 0.15) is 23.9 Å². The van der Waals surface area contributed by atoms with Gasteiger partial charge >= 0.3 is 6.16 Å². The van der Waals surface area contributed by atoms with Crippen molar-refractivity contribution in [3.8, 4) is 29.1 Å². The molecule has 13 nitrogen and oxygen atoms in total. The van der Waals surface area contributed by atoms with Gasteiger partial charge in [0.05, 0.1) is 42.4 Å². The van der Waals surface area contributed by atoms with E-state index in [4.69, 9.17) is 10.00 Å². The molecule has 0 bridgehead atoms. The lowest BCUT2D eigenvalue weighted by molar-refractivity contribution is -0.384. The number of rotatable bonds is 11. The third kappa shape index (κ3) is 7.17. The van der Waals surface area contributed by atoms with Crippen LogP contribution in [-0.4, -0.2) is 47.7 Å². The molecule has 216 valence electrons. The van der Waals surface area contributed by atoms with Gasteiger partial charge in [0, 0.05) is 29.9 Å². The number of benzene rings is 3. The van der Waals surface area contributed by atoms with Crippen LogP contribution < -0.4 is 4.90 Å². The van der Waals surface area contributed by atoms with Crippen molar-refractivity contribution in [3.63, 3.8) is 0 Å². The minimum absolute atomic E-state index is 0.0753. The van der Waals surface area contributed by atoms with Gasteiger partial charge in [-0.15, -0.1) is 10.2 Å². The van der Waals surface area contributed by atoms with Gasteiger partial charge in [-0.25, -0.2) is 9.48 Å². The lowest BCUT2D eigenvalue weighted by Gasteiger charge is -2.24. The summed E-state index contributed by atoms with van der Waals surface area (Å²) in [6, 6.07) is 24.6. The van der Waals surface area contributed by atoms with Gasteiger partial charge in [-0.2, -0.15) is 15.6 Å². The Morgan fingerprint density at radius 2 is 1.81 bits per heavy atom. The number of methoxy groups -OCH3 is 1. The zero-order chi connectivity index (χ0) is 30.8. The minimum atomic E-state index is -0.785. The number of azo groups is 1. The SMILES string of the molecule is COC(=O)OCCN(CCC#N)c1ccc(N=Nc2c(C#N)c(-c3ccccc3)nn2-c2ccc([N+](=O)[O-])cc2)c(C)c1. The van der Waals surface area contributed by atoms with E-state index in [0.29, 0.717) is 35.7 Å². The van der Waals surface area contributed by atoms with E-state index in [9.17, 15) is 20.2 Å². The summed E-state index contributed by atoms with van der Waals surface area (Å²) in [6.07, 6.45) is -0.515. The maximum absolute atomic E-state index is 11.3. The first-order valence-electron chi connectivity index (χ1n) is 13.0. The van der Waals surface area contributed by atoms with Crippen molar-refractivity contribution in [1.29, 1.82) is 10.5 Å². The number of carbonyl (C=O) groups is 1. The summed E-state index contributed by atoms with van der Waals surface area (Å²) < 4.78 is 10.9. The molecule has 0 saturated carbocycles. The van der Waals surface area contributed by atoms with Gasteiger partial charge in [0.25, 0.3) is 5.69 Å². The van der Waals surface area contributed by atoms with Crippen LogP contribution >= 0.6 is 0 Å². The van der Waals surface area contributed by atoms with Crippen LogP contribution in [-0.2, 0) is 9.47 Å². The molecule has 0 fully saturated rings. The van der Waals surface area contributed by atoms with Gasteiger partial charge in [-0.1, -0.05) is 30.3 Å². The van der Waals surface area contributed by atoms with Crippen molar-refractivity contribution < 1.29 is 19.2 Å². The fourth-order valence-electron chi connectivity index (χ4n) is 4.20. The first-order valence-corrected chi connectivity index (χ1v) is 13.0. The molecule has 0 aliphatic rings. The Morgan fingerprint density at radius 1 is 1.07 bits per heavy atom. The molecular weight excluding hydrogens is 552 g/mol. The summed E-state index contributed by atoms with van der Waals surface area (Å²) in [5, 5.41) is 43.9. The molecule has 0 amide bonds. The summed E-state index contributed by atoms with van der Waals surface area (Å²) in [5.41, 5.74) is 3.75. The van der Waals surface area contributed by atoms with E-state index >= 15 is 0 Å². The van der Waals surface area contributed by atoms with E-state index in [0.717, 1.165) is 11.3 Å². The molecular formula is C30H26N8O5. The molecule has 4 aromatic rings. The molecule has 0 saturated heterocycles. The zero-order valence-electron chi connectivity index (χ0n) is 23.4. The maximum Gasteiger partial charge on any atom is 0.508 e. The fraction of sp³-hybridized carbons (Fsp3) is 0.200. The second kappa shape index (κ2) is 14.0. The quantitative estimate of drug-likeness (QED) is 0.0828. The Labute approximate surface area is 247 Å². The number of carbonyl (C=O) groups excluding carboxylic acids is 1. The summed E-state index contributed by atoms with van der Waals surface area (Å²) in [5.74, 6) is 0.161. The molecule has 1 aromatic heterocycles. The zero-order valence-corrected chi connectivity index (χ0v) is 23.4. The number of aromatic nitrogens is 2. The highest BCUT2D eigenvalue weighted by molar-refractivity contribution is 5.73. The third-order valence-electron chi connectivity index (χ3n) is 6.36. The van der Waals surface area contributed by atoms with Gasteiger partial charge in [-0.05, 0) is 42.8 Å². The summed E-state index contributed by atoms with van der Waals surface area (Å²) in [7, 11) is 1.23. The lowest BCUT2D eigenvalue weighted by atomic mass is 10.1. The third-order valence-corrected chi connectivity index (χ3v) is 6.36. The van der Waals surface area contributed by atoms with E-state index in [-0.39, 0.29) is 30.1 Å². The molecule has 3 aromatic carbocycles. The van der Waals surface area contributed by atoms with E-state index < -0.39 is 11.1 Å². The molecule has 1 heterocycles. The molecule has 0 N–H and O–H groups in total. The van der Waals surface area contributed by atoms with Gasteiger partial charge < -0.3 is 14.4 Å². The highest BCUT2D eigenvalue weighted by Gasteiger charge is 2.21. The number of nitriles is 2. The van der Waals surface area contributed by atoms with Crippen molar-refractivity contribution in [2.24, 2.45) is 10.2 Å². The van der Waals surface area contributed by atoms with Gasteiger partial charge in [-0.3, -0.25) is 10.1 Å². The van der Waals surface area contributed by atoms with Crippen molar-refractivity contribution in [1.82, 2.24) is 9.78 Å². The van der Waals surface area contributed by atoms with E-state index in [1.807, 2.05) is 54.3 Å². The Kier molecular flexibility index (Phi) is 9.74. The number of nitrogens with zero attached hydrogens (tertiary/aromatic N) is 8. The first kappa shape index (κ1) is 29.9. The van der Waals surface area contributed by atoms with Crippen LogP contribution in [0, 0.1) is 39.7 Å². The van der Waals surface area contributed by atoms with Crippen LogP contribution in [0.1, 0.15) is 17.5 Å². The summed E-state index contributed by atoms with van der Waals surface area (Å²) in [4.78, 5) is 23.9. The minimum Gasteiger partial charge on any atom is -0.438 e. The van der Waals surface area contributed by atoms with Crippen LogP contribution in [0.25, 0.3) is 16.9 Å². The number of aryl methyl sites for hydroxylation is 1. The number of ether oxygens (including phenoxy) is 2. The largest absolute Gasteiger partial charge is 0.508 e. The normalized spacial score (nSPS) is 10.6. The Morgan fingerprint density at radius 3 is 2.44 bits per heavy atom. The smallest absolute Gasteiger partial charge is 0.438 e. The van der Waals surface area contributed by atoms with E-state index in [1.54, 1.807) is 6.07 Å². The van der Waals surface area contributed by atoms with Crippen LogP contribution in [0.5, 0.6) is 0 Å². The Balaban J connectivity index is 1.70. The maximum atomic E-state index is 11.3. The molecule has 0 unspecified atom stereocenters. The fourth-order valence-corrected chi connectivity index (χ4v) is 4.20. The van der Waals surface area contributed by atoms with Crippen LogP contribution in [0.2, 0.25) is 0 Å². The summed E-state index contributed by atoms with van der Waals surface area (Å²) in [6.45, 7) is 2.69. The molecule has 0 atom stereocenters. The average Bonchev–Trinajstić information content (AvgIpc) is 3.40. The number of hydrogen-bond donors (Lipinski definition) is 0. The average molecular weight is 579 g/mol. The molecule has 13 heteroatoms. The number of hydrogen-bond acceptors (Lipinski definition) is 11. The van der Waals surface area contributed by atoms with E-state index in [1.165, 1.54) is 36.1 Å².